The molecule has 0 radical (unpaired) electrons. The maximum Gasteiger partial charge on any atom is 0.314 e. The van der Waals surface area contributed by atoms with Crippen LogP contribution >= 0.6 is 11.3 Å². The smallest absolute Gasteiger partial charge is 0.314 e. The van der Waals surface area contributed by atoms with Gasteiger partial charge in [0.05, 0.1) is 17.4 Å². The number of nitrogens with zero attached hydrogens (tertiary/aromatic N) is 5. The molecule has 3 aromatic rings. The van der Waals surface area contributed by atoms with Gasteiger partial charge in [-0.1, -0.05) is 12.1 Å². The van der Waals surface area contributed by atoms with Crippen molar-refractivity contribution in [3.63, 3.8) is 0 Å². The van der Waals surface area contributed by atoms with Crippen molar-refractivity contribution in [1.82, 2.24) is 20.2 Å². The molecule has 1 amide bonds. The molecule has 26 heavy (non-hydrogen) atoms. The Hall–Kier alpha value is -3.01. The van der Waals surface area contributed by atoms with Crippen molar-refractivity contribution in [2.24, 2.45) is 5.10 Å². The average molecular weight is 377 g/mol. The van der Waals surface area contributed by atoms with Gasteiger partial charge in [-0.3, -0.25) is 4.79 Å². The Labute approximate surface area is 151 Å². The van der Waals surface area contributed by atoms with Crippen LogP contribution in [0.25, 0.3) is 11.5 Å². The monoisotopic (exact) mass is 377 g/mol. The standard InChI is InChI=1S/C16H13F2N5O2S/c1-9-12(26-8-19-9)16(24)23(2)20-7-10-3-5-11(6-4-10)14-21-22-15(25-14)13(17)18/h3-8,13H,1-2H3/b20-7+. The van der Waals surface area contributed by atoms with Gasteiger partial charge in [-0.25, -0.2) is 9.99 Å². The molecule has 0 aliphatic rings. The summed E-state index contributed by atoms with van der Waals surface area (Å²) >= 11 is 1.26. The van der Waals surface area contributed by atoms with Crippen LogP contribution in [0.1, 0.15) is 33.2 Å². The maximum atomic E-state index is 12.5. The van der Waals surface area contributed by atoms with Crippen LogP contribution in [0.2, 0.25) is 0 Å². The quantitative estimate of drug-likeness (QED) is 0.501. The van der Waals surface area contributed by atoms with E-state index in [4.69, 9.17) is 4.42 Å². The largest absolute Gasteiger partial charge is 0.415 e. The molecule has 0 saturated heterocycles. The number of carbonyl (C=O) groups is 1. The maximum absolute atomic E-state index is 12.5. The second-order valence-corrected chi connectivity index (χ2v) is 6.06. The predicted molar refractivity (Wildman–Crippen MR) is 91.2 cm³/mol. The van der Waals surface area contributed by atoms with E-state index in [-0.39, 0.29) is 11.8 Å². The zero-order valence-electron chi connectivity index (χ0n) is 13.8. The molecule has 3 rings (SSSR count). The molecule has 0 N–H and O–H groups in total. The average Bonchev–Trinajstić information content (AvgIpc) is 3.28. The van der Waals surface area contributed by atoms with E-state index in [0.29, 0.717) is 21.7 Å². The zero-order chi connectivity index (χ0) is 18.7. The number of alkyl halides is 2. The van der Waals surface area contributed by atoms with Gasteiger partial charge < -0.3 is 4.42 Å². The molecule has 0 aliphatic carbocycles. The van der Waals surface area contributed by atoms with Crippen molar-refractivity contribution in [1.29, 1.82) is 0 Å². The van der Waals surface area contributed by atoms with Crippen molar-refractivity contribution < 1.29 is 18.0 Å². The van der Waals surface area contributed by atoms with Gasteiger partial charge in [0.15, 0.2) is 0 Å². The third-order valence-electron chi connectivity index (χ3n) is 3.40. The minimum atomic E-state index is -2.81. The summed E-state index contributed by atoms with van der Waals surface area (Å²) in [5, 5.41) is 12.2. The fourth-order valence-electron chi connectivity index (χ4n) is 2.01. The molecule has 0 saturated carbocycles. The number of hydrogen-bond donors (Lipinski definition) is 0. The Morgan fingerprint density at radius 2 is 2.04 bits per heavy atom. The van der Waals surface area contributed by atoms with Crippen LogP contribution < -0.4 is 0 Å². The van der Waals surface area contributed by atoms with E-state index in [1.165, 1.54) is 22.6 Å². The summed E-state index contributed by atoms with van der Waals surface area (Å²) in [4.78, 5) is 16.8. The summed E-state index contributed by atoms with van der Waals surface area (Å²) in [7, 11) is 1.55. The lowest BCUT2D eigenvalue weighted by Gasteiger charge is -2.09. The molecule has 0 aliphatic heterocycles. The molecule has 0 spiro atoms. The van der Waals surface area contributed by atoms with Gasteiger partial charge in [0.25, 0.3) is 11.8 Å². The SMILES string of the molecule is Cc1ncsc1C(=O)N(C)/N=C/c1ccc(-c2nnc(C(F)F)o2)cc1. The highest BCUT2D eigenvalue weighted by Crippen LogP contribution is 2.23. The van der Waals surface area contributed by atoms with Crippen molar-refractivity contribution in [3.05, 3.63) is 51.8 Å². The number of thiazole rings is 1. The molecule has 134 valence electrons. The Kier molecular flexibility index (Phi) is 5.12. The van der Waals surface area contributed by atoms with E-state index in [1.807, 2.05) is 0 Å². The third kappa shape index (κ3) is 3.80. The number of rotatable bonds is 5. The third-order valence-corrected chi connectivity index (χ3v) is 4.32. The van der Waals surface area contributed by atoms with E-state index < -0.39 is 12.3 Å². The minimum absolute atomic E-state index is 0.0109. The Bertz CT molecular complexity index is 936. The van der Waals surface area contributed by atoms with Crippen molar-refractivity contribution in [2.45, 2.75) is 13.3 Å². The van der Waals surface area contributed by atoms with Crippen molar-refractivity contribution in [2.75, 3.05) is 7.05 Å². The number of benzene rings is 1. The highest BCUT2D eigenvalue weighted by molar-refractivity contribution is 7.11. The Balaban J connectivity index is 1.69. The number of amides is 1. The number of aryl methyl sites for hydroxylation is 1. The predicted octanol–water partition coefficient (Wildman–Crippen LogP) is 3.55. The highest BCUT2D eigenvalue weighted by Gasteiger charge is 2.17. The second kappa shape index (κ2) is 7.48. The number of aromatic nitrogens is 3. The molecule has 7 nitrogen and oxygen atoms in total. The second-order valence-electron chi connectivity index (χ2n) is 5.21. The number of halogens is 2. The summed E-state index contributed by atoms with van der Waals surface area (Å²) in [6.45, 7) is 1.76. The minimum Gasteiger partial charge on any atom is -0.415 e. The van der Waals surface area contributed by atoms with Crippen LogP contribution in [0.4, 0.5) is 8.78 Å². The van der Waals surface area contributed by atoms with Gasteiger partial charge in [0.2, 0.25) is 5.89 Å². The van der Waals surface area contributed by atoms with Gasteiger partial charge in [-0.05, 0) is 24.6 Å². The highest BCUT2D eigenvalue weighted by atomic mass is 32.1. The fraction of sp³-hybridized carbons (Fsp3) is 0.188. The van der Waals surface area contributed by atoms with Crippen LogP contribution in [0.15, 0.2) is 39.3 Å². The lowest BCUT2D eigenvalue weighted by Crippen LogP contribution is -2.21. The molecular weight excluding hydrogens is 364 g/mol. The molecule has 2 heterocycles. The van der Waals surface area contributed by atoms with Gasteiger partial charge >= 0.3 is 6.43 Å². The van der Waals surface area contributed by atoms with Gasteiger partial charge in [0, 0.05) is 12.6 Å². The van der Waals surface area contributed by atoms with E-state index in [0.717, 1.165) is 0 Å². The fourth-order valence-corrected chi connectivity index (χ4v) is 2.78. The first-order valence-electron chi connectivity index (χ1n) is 7.40. The summed E-state index contributed by atoms with van der Waals surface area (Å²) in [6, 6.07) is 6.67. The molecule has 0 fully saturated rings. The van der Waals surface area contributed by atoms with Gasteiger partial charge in [-0.15, -0.1) is 21.5 Å². The first-order chi connectivity index (χ1) is 12.5. The summed E-state index contributed by atoms with van der Waals surface area (Å²) in [5.41, 5.74) is 3.49. The number of hydrogen-bond acceptors (Lipinski definition) is 7. The van der Waals surface area contributed by atoms with Crippen LogP contribution in [0.5, 0.6) is 0 Å². The summed E-state index contributed by atoms with van der Waals surface area (Å²) in [6.07, 6.45) is -1.30. The van der Waals surface area contributed by atoms with E-state index in [9.17, 15) is 13.6 Å². The molecule has 10 heteroatoms. The van der Waals surface area contributed by atoms with Gasteiger partial charge in [-0.2, -0.15) is 13.9 Å². The zero-order valence-corrected chi connectivity index (χ0v) is 14.6. The molecule has 0 unspecified atom stereocenters. The number of carbonyl (C=O) groups excluding carboxylic acids is 1. The summed E-state index contributed by atoms with van der Waals surface area (Å²) < 4.78 is 29.8. The molecule has 1 aromatic carbocycles. The van der Waals surface area contributed by atoms with Crippen LogP contribution in [-0.4, -0.2) is 39.4 Å². The lowest BCUT2D eigenvalue weighted by molar-refractivity contribution is 0.0804. The number of hydrazone groups is 1. The molecular formula is C16H13F2N5O2S. The first-order valence-corrected chi connectivity index (χ1v) is 8.28. The first kappa shape index (κ1) is 17.8. The topological polar surface area (TPSA) is 84.5 Å². The molecule has 0 atom stereocenters. The van der Waals surface area contributed by atoms with Crippen LogP contribution in [-0.2, 0) is 0 Å². The lowest BCUT2D eigenvalue weighted by atomic mass is 10.1. The summed E-state index contributed by atoms with van der Waals surface area (Å²) in [5.74, 6) is -0.954. The molecule has 2 aromatic heterocycles. The van der Waals surface area contributed by atoms with Crippen molar-refractivity contribution >= 4 is 23.5 Å². The molecule has 0 bridgehead atoms. The van der Waals surface area contributed by atoms with E-state index in [1.54, 1.807) is 43.7 Å². The van der Waals surface area contributed by atoms with E-state index in [2.05, 4.69) is 20.3 Å². The van der Waals surface area contributed by atoms with Crippen molar-refractivity contribution in [3.8, 4) is 11.5 Å². The van der Waals surface area contributed by atoms with E-state index >= 15 is 0 Å². The van der Waals surface area contributed by atoms with Crippen LogP contribution in [0, 0.1) is 6.92 Å². The van der Waals surface area contributed by atoms with Crippen LogP contribution in [0.3, 0.4) is 0 Å². The Morgan fingerprint density at radius 1 is 1.31 bits per heavy atom. The Morgan fingerprint density at radius 3 is 2.62 bits per heavy atom. The van der Waals surface area contributed by atoms with Gasteiger partial charge in [0.1, 0.15) is 4.88 Å². The normalized spacial score (nSPS) is 11.4.